The second-order valence-corrected chi connectivity index (χ2v) is 11.9. The molecule has 2 atom stereocenters. The zero-order valence-electron chi connectivity index (χ0n) is 21.8. The summed E-state index contributed by atoms with van der Waals surface area (Å²) in [6.45, 7) is 8.43. The molecule has 8 heteroatoms. The lowest BCUT2D eigenvalue weighted by Crippen LogP contribution is -2.30. The minimum absolute atomic E-state index is 0.157. The van der Waals surface area contributed by atoms with Gasteiger partial charge in [0.2, 0.25) is 0 Å². The standard InChI is InChI=1S/C29H33ClN2O4S/c1-17(36-20-10-8-9-19(30)16-20)26(33)32-28-25(27(34)31-22-11-6-7-12-23(22)35-5)21-14-13-18(29(2,3)4)15-24(21)37-28/h6-12,16-18H,13-15H2,1-5H3,(H,31,34)(H,32,33). The third kappa shape index (κ3) is 6.28. The lowest BCUT2D eigenvalue weighted by Gasteiger charge is -2.33. The van der Waals surface area contributed by atoms with E-state index in [4.69, 9.17) is 21.1 Å². The number of para-hydroxylation sites is 2. The highest BCUT2D eigenvalue weighted by molar-refractivity contribution is 7.17. The summed E-state index contributed by atoms with van der Waals surface area (Å²) in [4.78, 5) is 27.9. The van der Waals surface area contributed by atoms with Gasteiger partial charge in [-0.05, 0) is 73.4 Å². The Morgan fingerprint density at radius 1 is 1.11 bits per heavy atom. The number of anilines is 2. The number of thiophene rings is 1. The van der Waals surface area contributed by atoms with Crippen LogP contribution in [0.15, 0.2) is 48.5 Å². The van der Waals surface area contributed by atoms with Gasteiger partial charge in [0.05, 0.1) is 18.4 Å². The number of methoxy groups -OCH3 is 1. The smallest absolute Gasteiger partial charge is 0.265 e. The maximum absolute atomic E-state index is 13.6. The molecule has 37 heavy (non-hydrogen) atoms. The zero-order chi connectivity index (χ0) is 26.7. The van der Waals surface area contributed by atoms with Crippen LogP contribution < -0.4 is 20.1 Å². The molecule has 2 unspecified atom stereocenters. The number of rotatable bonds is 7. The monoisotopic (exact) mass is 540 g/mol. The molecule has 0 saturated heterocycles. The van der Waals surface area contributed by atoms with Crippen molar-refractivity contribution in [3.05, 3.63) is 69.6 Å². The lowest BCUT2D eigenvalue weighted by atomic mass is 9.72. The first kappa shape index (κ1) is 27.0. The number of ether oxygens (including phenoxy) is 2. The van der Waals surface area contributed by atoms with E-state index in [1.54, 1.807) is 50.4 Å². The number of hydrogen-bond acceptors (Lipinski definition) is 5. The summed E-state index contributed by atoms with van der Waals surface area (Å²) in [5.41, 5.74) is 2.26. The van der Waals surface area contributed by atoms with Crippen molar-refractivity contribution in [1.29, 1.82) is 0 Å². The van der Waals surface area contributed by atoms with Crippen molar-refractivity contribution in [3.63, 3.8) is 0 Å². The van der Waals surface area contributed by atoms with E-state index < -0.39 is 6.10 Å². The van der Waals surface area contributed by atoms with Crippen LogP contribution in [0.25, 0.3) is 0 Å². The van der Waals surface area contributed by atoms with Gasteiger partial charge in [-0.15, -0.1) is 11.3 Å². The quantitative estimate of drug-likeness (QED) is 0.331. The summed E-state index contributed by atoms with van der Waals surface area (Å²) in [7, 11) is 1.57. The van der Waals surface area contributed by atoms with E-state index in [0.717, 1.165) is 29.7 Å². The van der Waals surface area contributed by atoms with Gasteiger partial charge in [0.15, 0.2) is 6.10 Å². The van der Waals surface area contributed by atoms with E-state index in [9.17, 15) is 9.59 Å². The van der Waals surface area contributed by atoms with Crippen molar-refractivity contribution in [2.24, 2.45) is 11.3 Å². The second kappa shape index (κ2) is 11.2. The molecular weight excluding hydrogens is 508 g/mol. The number of hydrogen-bond donors (Lipinski definition) is 2. The van der Waals surface area contributed by atoms with Crippen LogP contribution in [0.5, 0.6) is 11.5 Å². The second-order valence-electron chi connectivity index (χ2n) is 10.4. The Morgan fingerprint density at radius 3 is 2.57 bits per heavy atom. The molecule has 1 aliphatic rings. The SMILES string of the molecule is COc1ccccc1NC(=O)c1c(NC(=O)C(C)Oc2cccc(Cl)c2)sc2c1CCC(C(C)(C)C)C2. The van der Waals surface area contributed by atoms with Gasteiger partial charge in [0.1, 0.15) is 16.5 Å². The molecule has 2 aromatic carbocycles. The van der Waals surface area contributed by atoms with Crippen LogP contribution in [0.3, 0.4) is 0 Å². The highest BCUT2D eigenvalue weighted by Gasteiger charge is 2.34. The Bertz CT molecular complexity index is 1300. The third-order valence-corrected chi connectivity index (χ3v) is 8.19. The van der Waals surface area contributed by atoms with Gasteiger partial charge in [-0.2, -0.15) is 0 Å². The number of nitrogens with one attached hydrogen (secondary N) is 2. The minimum Gasteiger partial charge on any atom is -0.495 e. The molecule has 2 N–H and O–H groups in total. The fourth-order valence-electron chi connectivity index (χ4n) is 4.60. The number of carbonyl (C=O) groups excluding carboxylic acids is 2. The number of fused-ring (bicyclic) bond motifs is 1. The number of amides is 2. The van der Waals surface area contributed by atoms with Crippen molar-refractivity contribution < 1.29 is 19.1 Å². The first-order valence-corrected chi connectivity index (χ1v) is 13.6. The fraction of sp³-hybridized carbons (Fsp3) is 0.379. The highest BCUT2D eigenvalue weighted by atomic mass is 35.5. The molecule has 1 aliphatic carbocycles. The molecule has 1 aromatic heterocycles. The molecule has 3 aromatic rings. The van der Waals surface area contributed by atoms with Gasteiger partial charge < -0.3 is 20.1 Å². The molecule has 196 valence electrons. The fourth-order valence-corrected chi connectivity index (χ4v) is 6.11. The zero-order valence-corrected chi connectivity index (χ0v) is 23.4. The molecule has 0 fully saturated rings. The molecule has 2 amide bonds. The Kier molecular flexibility index (Phi) is 8.14. The summed E-state index contributed by atoms with van der Waals surface area (Å²) < 4.78 is 11.2. The molecule has 0 bridgehead atoms. The summed E-state index contributed by atoms with van der Waals surface area (Å²) in [5.74, 6) is 0.967. The van der Waals surface area contributed by atoms with Gasteiger partial charge in [-0.1, -0.05) is 50.6 Å². The molecule has 6 nitrogen and oxygen atoms in total. The van der Waals surface area contributed by atoms with Crippen molar-refractivity contribution in [1.82, 2.24) is 0 Å². The molecule has 0 spiro atoms. The summed E-state index contributed by atoms with van der Waals surface area (Å²) in [5, 5.41) is 7.04. The van der Waals surface area contributed by atoms with Crippen molar-refractivity contribution in [2.45, 2.75) is 53.1 Å². The first-order valence-electron chi connectivity index (χ1n) is 12.4. The first-order chi connectivity index (χ1) is 17.6. The normalized spacial score (nSPS) is 15.9. The topological polar surface area (TPSA) is 76.7 Å². The Labute approximate surface area is 227 Å². The van der Waals surface area contributed by atoms with Gasteiger partial charge in [0, 0.05) is 9.90 Å². The predicted molar refractivity (Wildman–Crippen MR) is 150 cm³/mol. The van der Waals surface area contributed by atoms with Crippen LogP contribution in [0.4, 0.5) is 10.7 Å². The van der Waals surface area contributed by atoms with E-state index >= 15 is 0 Å². The Hall–Kier alpha value is -3.03. The average molecular weight is 541 g/mol. The van der Waals surface area contributed by atoms with Crippen LogP contribution >= 0.6 is 22.9 Å². The van der Waals surface area contributed by atoms with E-state index in [2.05, 4.69) is 31.4 Å². The largest absolute Gasteiger partial charge is 0.495 e. The predicted octanol–water partition coefficient (Wildman–Crippen LogP) is 7.22. The molecule has 1 heterocycles. The molecular formula is C29H33ClN2O4S. The number of carbonyl (C=O) groups is 2. The van der Waals surface area contributed by atoms with Crippen LogP contribution in [0, 0.1) is 11.3 Å². The van der Waals surface area contributed by atoms with Crippen LogP contribution in [0.2, 0.25) is 5.02 Å². The number of benzene rings is 2. The van der Waals surface area contributed by atoms with Crippen LogP contribution in [-0.2, 0) is 17.6 Å². The lowest BCUT2D eigenvalue weighted by molar-refractivity contribution is -0.122. The molecule has 0 aliphatic heterocycles. The maximum Gasteiger partial charge on any atom is 0.265 e. The number of halogens is 1. The van der Waals surface area contributed by atoms with E-state index in [1.807, 2.05) is 12.1 Å². The minimum atomic E-state index is -0.787. The summed E-state index contributed by atoms with van der Waals surface area (Å²) in [6.07, 6.45) is 1.87. The molecule has 0 saturated carbocycles. The Balaban J connectivity index is 1.63. The summed E-state index contributed by atoms with van der Waals surface area (Å²) >= 11 is 7.54. The Morgan fingerprint density at radius 2 is 1.86 bits per heavy atom. The van der Waals surface area contributed by atoms with Crippen molar-refractivity contribution in [2.75, 3.05) is 17.7 Å². The van der Waals surface area contributed by atoms with Crippen molar-refractivity contribution >= 4 is 45.4 Å². The van der Waals surface area contributed by atoms with Crippen LogP contribution in [0.1, 0.15) is 54.9 Å². The van der Waals surface area contributed by atoms with Gasteiger partial charge in [0.25, 0.3) is 11.8 Å². The van der Waals surface area contributed by atoms with E-state index in [0.29, 0.717) is 38.7 Å². The molecule has 4 rings (SSSR count). The highest BCUT2D eigenvalue weighted by Crippen LogP contribution is 2.44. The molecule has 0 radical (unpaired) electrons. The van der Waals surface area contributed by atoms with Crippen molar-refractivity contribution in [3.8, 4) is 11.5 Å². The van der Waals surface area contributed by atoms with Crippen LogP contribution in [-0.4, -0.2) is 25.0 Å². The van der Waals surface area contributed by atoms with E-state index in [-0.39, 0.29) is 17.2 Å². The summed E-state index contributed by atoms with van der Waals surface area (Å²) in [6, 6.07) is 14.2. The van der Waals surface area contributed by atoms with E-state index in [1.165, 1.54) is 11.3 Å². The average Bonchev–Trinajstić information content (AvgIpc) is 3.21. The van der Waals surface area contributed by atoms with Gasteiger partial charge in [-0.25, -0.2) is 0 Å². The third-order valence-electron chi connectivity index (χ3n) is 6.79. The van der Waals surface area contributed by atoms with Gasteiger partial charge in [-0.3, -0.25) is 9.59 Å². The van der Waals surface area contributed by atoms with Gasteiger partial charge >= 0.3 is 0 Å². The maximum atomic E-state index is 13.6.